The minimum absolute atomic E-state index is 0.00161. The number of fused-ring (bicyclic) bond motifs is 1. The molecule has 1 saturated heterocycles. The molecule has 3 heterocycles. The van der Waals surface area contributed by atoms with Gasteiger partial charge in [0.1, 0.15) is 31.6 Å². The van der Waals surface area contributed by atoms with Gasteiger partial charge in [-0.25, -0.2) is 23.3 Å². The Hall–Kier alpha value is -3.68. The van der Waals surface area contributed by atoms with Gasteiger partial charge in [0.25, 0.3) is 5.56 Å². The van der Waals surface area contributed by atoms with Gasteiger partial charge in [-0.1, -0.05) is 91.4 Å². The lowest BCUT2D eigenvalue weighted by molar-refractivity contribution is -0.125. The van der Waals surface area contributed by atoms with Crippen molar-refractivity contribution < 1.29 is 79.7 Å². The molecular weight excluding hydrogens is 1060 g/mol. The van der Waals surface area contributed by atoms with Crippen LogP contribution in [0.4, 0.5) is 5.95 Å². The molecular formula is C39H49N6O18P3S4. The maximum absolute atomic E-state index is 13.8. The topological polar surface area (TPSA) is 363 Å². The van der Waals surface area contributed by atoms with Gasteiger partial charge in [0, 0.05) is 35.4 Å². The number of benzene rings is 2. The van der Waals surface area contributed by atoms with E-state index in [4.69, 9.17) is 44.7 Å². The summed E-state index contributed by atoms with van der Waals surface area (Å²) in [5, 5.41) is 2.33. The van der Waals surface area contributed by atoms with Crippen LogP contribution in [0.5, 0.6) is 0 Å². The third kappa shape index (κ3) is 17.0. The fraction of sp³-hybridized carbons (Fsp3) is 0.410. The SMILES string of the molecule is CSSC(C)c1ccccc1C(=O)O[C@@H]1C[C@H](n2cc(C#CCNC(=O)COCCOC(=O)c3ccccc3C(C)SSCCN)c3c(=O)[nH]c(N)nc32)OC1COP(=O)(O)OP(=O)(O)OP(=O)(O)O. The fourth-order valence-corrected chi connectivity index (χ4v) is 13.6. The molecule has 0 aliphatic carbocycles. The van der Waals surface area contributed by atoms with E-state index < -0.39 is 71.9 Å². The molecule has 0 saturated carbocycles. The zero-order valence-electron chi connectivity index (χ0n) is 37.3. The molecule has 10 N–H and O–H groups in total. The minimum atomic E-state index is -5.88. The first-order valence-electron chi connectivity index (χ1n) is 20.5. The van der Waals surface area contributed by atoms with E-state index in [2.05, 4.69) is 35.7 Å². The largest absolute Gasteiger partial charge is 0.490 e. The lowest BCUT2D eigenvalue weighted by Crippen LogP contribution is -2.31. The van der Waals surface area contributed by atoms with E-state index in [1.54, 1.807) is 51.9 Å². The first kappa shape index (κ1) is 57.2. The van der Waals surface area contributed by atoms with Gasteiger partial charge >= 0.3 is 35.4 Å². The van der Waals surface area contributed by atoms with Gasteiger partial charge in [-0.15, -0.1) is 0 Å². The number of phosphoric ester groups is 1. The fourth-order valence-electron chi connectivity index (χ4n) is 6.59. The van der Waals surface area contributed by atoms with E-state index in [9.17, 15) is 42.7 Å². The standard InChI is InChI=1S/C39H49N6O18P3S4/c1-23(69-67-3)26-10-5-7-13-29(26)38(49)61-30-19-33(60-31(30)21-59-65(53,54)63-66(55,56)62-64(50,51)52)45-20-25(34-35(45)43-39(41)44-36(34)47)9-8-15-42-32(46)22-57-16-17-58-37(48)28-12-6-4-11-27(28)24(2)70-68-18-14-40/h4-7,10-13,20,23-24,30-31,33H,14-19,21-22,40H2,1-3H3,(H,42,46)(H,53,54)(H,55,56)(H2,50,51,52)(H3,41,43,44,47)/t23?,24?,30-,31?,33-/m1/s1. The van der Waals surface area contributed by atoms with Crippen LogP contribution in [0.1, 0.15) is 74.4 Å². The smallest absolute Gasteiger partial charge is 0.460 e. The zero-order chi connectivity index (χ0) is 51.2. The number of ether oxygens (including phenoxy) is 4. The minimum Gasteiger partial charge on any atom is -0.460 e. The number of aromatic nitrogens is 3. The molecule has 0 spiro atoms. The number of hydrogen-bond acceptors (Lipinski definition) is 21. The monoisotopic (exact) mass is 1110 g/mol. The number of nitrogens with one attached hydrogen (secondary N) is 2. The highest BCUT2D eigenvalue weighted by molar-refractivity contribution is 8.77. The van der Waals surface area contributed by atoms with Gasteiger partial charge < -0.3 is 59.9 Å². The lowest BCUT2D eigenvalue weighted by Gasteiger charge is -2.22. The molecule has 5 unspecified atom stereocenters. The molecule has 0 radical (unpaired) electrons. The number of nitrogens with zero attached hydrogens (tertiary/aromatic N) is 2. The number of hydrogen-bond donors (Lipinski definition) is 8. The molecule has 5 rings (SSSR count). The number of H-pyrrole nitrogens is 1. The van der Waals surface area contributed by atoms with Crippen molar-refractivity contribution in [2.24, 2.45) is 5.73 Å². The molecule has 31 heteroatoms. The van der Waals surface area contributed by atoms with Gasteiger partial charge in [0.2, 0.25) is 11.9 Å². The number of rotatable bonds is 25. The lowest BCUT2D eigenvalue weighted by atomic mass is 10.0. The van der Waals surface area contributed by atoms with Crippen molar-refractivity contribution in [3.63, 3.8) is 0 Å². The van der Waals surface area contributed by atoms with Gasteiger partial charge in [0.15, 0.2) is 5.65 Å². The highest BCUT2D eigenvalue weighted by Crippen LogP contribution is 2.66. The number of nitrogen functional groups attached to an aromatic ring is 1. The first-order valence-corrected chi connectivity index (χ1v) is 30.1. The summed E-state index contributed by atoms with van der Waals surface area (Å²) in [5.41, 5.74) is 12.9. The molecule has 0 bridgehead atoms. The highest BCUT2D eigenvalue weighted by Gasteiger charge is 2.45. The number of nitrogens with two attached hydrogens (primary N) is 2. The van der Waals surface area contributed by atoms with Crippen molar-refractivity contribution in [2.75, 3.05) is 57.3 Å². The number of phosphoric acid groups is 3. The van der Waals surface area contributed by atoms with E-state index >= 15 is 0 Å². The van der Waals surface area contributed by atoms with E-state index in [-0.39, 0.29) is 71.4 Å². The van der Waals surface area contributed by atoms with Crippen LogP contribution >= 0.6 is 66.6 Å². The summed E-state index contributed by atoms with van der Waals surface area (Å²) in [5.74, 6) is 4.09. The van der Waals surface area contributed by atoms with Crippen molar-refractivity contribution in [3.05, 3.63) is 92.9 Å². The Morgan fingerprint density at radius 3 is 2.29 bits per heavy atom. The summed E-state index contributed by atoms with van der Waals surface area (Å²) in [6.07, 6.45) is -0.950. The summed E-state index contributed by atoms with van der Waals surface area (Å²) < 4.78 is 72.5. The van der Waals surface area contributed by atoms with Crippen LogP contribution in [0.2, 0.25) is 0 Å². The van der Waals surface area contributed by atoms with E-state index in [0.717, 1.165) is 11.3 Å². The zero-order valence-corrected chi connectivity index (χ0v) is 43.2. The molecule has 1 aliphatic heterocycles. The number of carbonyl (C=O) groups excluding carboxylic acids is 3. The second kappa shape index (κ2) is 26.3. The summed E-state index contributed by atoms with van der Waals surface area (Å²) in [6, 6.07) is 13.7. The van der Waals surface area contributed by atoms with Crippen LogP contribution in [0.3, 0.4) is 0 Å². The predicted molar refractivity (Wildman–Crippen MR) is 263 cm³/mol. The summed E-state index contributed by atoms with van der Waals surface area (Å²) in [4.78, 5) is 96.8. The first-order chi connectivity index (χ1) is 33.1. The van der Waals surface area contributed by atoms with Crippen LogP contribution in [0, 0.1) is 11.8 Å². The van der Waals surface area contributed by atoms with Crippen LogP contribution < -0.4 is 22.3 Å². The Kier molecular flexibility index (Phi) is 21.5. The average Bonchev–Trinajstić information content (AvgIpc) is 3.86. The van der Waals surface area contributed by atoms with Gasteiger partial charge in [0.05, 0.1) is 41.8 Å². The quantitative estimate of drug-likeness (QED) is 0.0143. The third-order valence-corrected chi connectivity index (χ3v) is 18.3. The van der Waals surface area contributed by atoms with Crippen molar-refractivity contribution in [1.29, 1.82) is 0 Å². The second-order valence-electron chi connectivity index (χ2n) is 14.5. The van der Waals surface area contributed by atoms with Crippen molar-refractivity contribution in [2.45, 2.75) is 49.2 Å². The molecule has 382 valence electrons. The number of anilines is 1. The molecule has 24 nitrogen and oxygen atoms in total. The Morgan fingerprint density at radius 1 is 0.971 bits per heavy atom. The summed E-state index contributed by atoms with van der Waals surface area (Å²) in [6.45, 7) is 2.62. The maximum atomic E-state index is 13.8. The molecule has 7 atom stereocenters. The van der Waals surface area contributed by atoms with Crippen LogP contribution in [0.15, 0.2) is 59.5 Å². The second-order valence-corrected chi connectivity index (χ2v) is 24.5. The number of aromatic amines is 1. The number of carbonyl (C=O) groups is 3. The normalized spacial score (nSPS) is 18.5. The van der Waals surface area contributed by atoms with Gasteiger partial charge in [-0.3, -0.25) is 19.1 Å². The Labute approximate surface area is 416 Å². The van der Waals surface area contributed by atoms with Crippen molar-refractivity contribution in [1.82, 2.24) is 19.9 Å². The van der Waals surface area contributed by atoms with Gasteiger partial charge in [-0.2, -0.15) is 13.6 Å². The molecule has 2 aromatic carbocycles. The van der Waals surface area contributed by atoms with E-state index in [0.29, 0.717) is 17.7 Å². The van der Waals surface area contributed by atoms with E-state index in [1.165, 1.54) is 38.4 Å². The third-order valence-electron chi connectivity index (χ3n) is 9.45. The average molecular weight is 1110 g/mol. The van der Waals surface area contributed by atoms with Crippen molar-refractivity contribution >= 4 is 101 Å². The van der Waals surface area contributed by atoms with Gasteiger partial charge in [-0.05, 0) is 43.4 Å². The highest BCUT2D eigenvalue weighted by atomic mass is 33.1. The summed E-state index contributed by atoms with van der Waals surface area (Å²) >= 11 is 0. The number of amides is 1. The molecule has 1 amide bonds. The van der Waals surface area contributed by atoms with Crippen LogP contribution in [-0.4, -0.2) is 116 Å². The predicted octanol–water partition coefficient (Wildman–Crippen LogP) is 4.98. The molecule has 1 aliphatic rings. The Morgan fingerprint density at radius 2 is 1.63 bits per heavy atom. The molecule has 2 aromatic heterocycles. The number of esters is 2. The Bertz CT molecular complexity index is 2770. The maximum Gasteiger partial charge on any atom is 0.490 e. The van der Waals surface area contributed by atoms with Crippen LogP contribution in [0.25, 0.3) is 11.0 Å². The molecule has 1 fully saturated rings. The molecule has 70 heavy (non-hydrogen) atoms. The molecule has 4 aromatic rings. The Balaban J connectivity index is 1.27. The van der Waals surface area contributed by atoms with Crippen LogP contribution in [-0.2, 0) is 50.6 Å². The summed E-state index contributed by atoms with van der Waals surface area (Å²) in [7, 11) is -11.1. The van der Waals surface area contributed by atoms with E-state index in [1.807, 2.05) is 32.2 Å². The van der Waals surface area contributed by atoms with Crippen molar-refractivity contribution in [3.8, 4) is 11.8 Å².